The molecule has 2 aromatic heterocycles. The maximum absolute atomic E-state index is 14.6. The first-order chi connectivity index (χ1) is 19.3. The second-order valence-corrected chi connectivity index (χ2v) is 9.93. The Bertz CT molecular complexity index is 1340. The molecule has 1 amide bonds. The second-order valence-electron chi connectivity index (χ2n) is 9.93. The summed E-state index contributed by atoms with van der Waals surface area (Å²) in [7, 11) is 3.35. The van der Waals surface area contributed by atoms with Gasteiger partial charge >= 0.3 is 0 Å². The molecule has 2 aliphatic heterocycles. The number of nitrogens with zero attached hydrogens (tertiary/aromatic N) is 6. The van der Waals surface area contributed by atoms with Crippen molar-refractivity contribution in [2.45, 2.75) is 39.0 Å². The molecular weight excluding hydrogens is 524 g/mol. The topological polar surface area (TPSA) is 107 Å². The van der Waals surface area contributed by atoms with Crippen LogP contribution < -0.4 is 14.8 Å². The van der Waals surface area contributed by atoms with Gasteiger partial charge in [-0.25, -0.2) is 23.4 Å². The van der Waals surface area contributed by atoms with Gasteiger partial charge in [0.15, 0.2) is 29.2 Å². The van der Waals surface area contributed by atoms with Crippen LogP contribution in [0, 0.1) is 18.6 Å². The molecule has 0 spiro atoms. The summed E-state index contributed by atoms with van der Waals surface area (Å²) in [6.45, 7) is 4.66. The number of ether oxygens (including phenoxy) is 3. The summed E-state index contributed by atoms with van der Waals surface area (Å²) in [6.07, 6.45) is 5.20. The molecule has 1 unspecified atom stereocenters. The molecule has 2 aliphatic rings. The van der Waals surface area contributed by atoms with Crippen LogP contribution in [-0.2, 0) is 11.3 Å². The highest BCUT2D eigenvalue weighted by atomic mass is 19.1. The number of nitrogens with one attached hydrogen (secondary N) is 1. The van der Waals surface area contributed by atoms with Crippen LogP contribution in [-0.4, -0.2) is 82.4 Å². The number of aromatic nitrogens is 4. The van der Waals surface area contributed by atoms with Crippen LogP contribution in [0.3, 0.4) is 0 Å². The summed E-state index contributed by atoms with van der Waals surface area (Å²) >= 11 is 0. The van der Waals surface area contributed by atoms with E-state index in [-0.39, 0.29) is 47.3 Å². The number of hydrogen-bond donors (Lipinski definition) is 1. The average molecular weight is 558 g/mol. The van der Waals surface area contributed by atoms with Gasteiger partial charge in [0.1, 0.15) is 18.2 Å². The predicted molar refractivity (Wildman–Crippen MR) is 142 cm³/mol. The Labute approximate surface area is 231 Å². The highest BCUT2D eigenvalue weighted by Gasteiger charge is 2.27. The first-order valence-electron chi connectivity index (χ1n) is 13.3. The van der Waals surface area contributed by atoms with Crippen LogP contribution in [0.1, 0.15) is 47.1 Å². The fourth-order valence-corrected chi connectivity index (χ4v) is 4.71. The summed E-state index contributed by atoms with van der Waals surface area (Å²) < 4.78 is 47.2. The van der Waals surface area contributed by atoms with Gasteiger partial charge < -0.3 is 29.3 Å². The number of halogens is 2. The Morgan fingerprint density at radius 2 is 1.88 bits per heavy atom. The van der Waals surface area contributed by atoms with Gasteiger partial charge in [-0.3, -0.25) is 4.79 Å². The standard InChI is InChI=1S/C27H33F2N7O4/c1-17-12-21(38-3)25(29)19(24(17)28)16-40-18-14-30-27(31-15-18)32-22-13-20(26(37)35-9-7-34(2)8-10-35)33-36(22)23-6-4-5-11-39-23/h12-15,23H,4-11,16H2,1-3H3,(H,30,31,32). The fourth-order valence-electron chi connectivity index (χ4n) is 4.71. The van der Waals surface area contributed by atoms with Crippen molar-refractivity contribution in [3.8, 4) is 11.5 Å². The Morgan fingerprint density at radius 1 is 1.12 bits per heavy atom. The molecule has 0 radical (unpaired) electrons. The molecule has 1 atom stereocenters. The second kappa shape index (κ2) is 12.1. The summed E-state index contributed by atoms with van der Waals surface area (Å²) in [6, 6.07) is 2.98. The minimum absolute atomic E-state index is 0.0580. The van der Waals surface area contributed by atoms with Gasteiger partial charge in [0, 0.05) is 38.9 Å². The van der Waals surface area contributed by atoms with Gasteiger partial charge in [-0.2, -0.15) is 5.10 Å². The van der Waals surface area contributed by atoms with Gasteiger partial charge in [0.25, 0.3) is 5.91 Å². The molecule has 4 heterocycles. The number of benzene rings is 1. The van der Waals surface area contributed by atoms with Crippen molar-refractivity contribution in [1.29, 1.82) is 0 Å². The van der Waals surface area contributed by atoms with E-state index in [1.54, 1.807) is 15.6 Å². The predicted octanol–water partition coefficient (Wildman–Crippen LogP) is 3.68. The lowest BCUT2D eigenvalue weighted by Crippen LogP contribution is -2.47. The molecular formula is C27H33F2N7O4. The van der Waals surface area contributed by atoms with Crippen LogP contribution in [0.15, 0.2) is 24.5 Å². The number of hydrogen-bond acceptors (Lipinski definition) is 9. The third-order valence-electron chi connectivity index (χ3n) is 7.08. The number of piperazine rings is 1. The van der Waals surface area contributed by atoms with Crippen LogP contribution in [0.4, 0.5) is 20.5 Å². The van der Waals surface area contributed by atoms with Crippen molar-refractivity contribution in [3.05, 3.63) is 53.0 Å². The van der Waals surface area contributed by atoms with E-state index in [1.807, 2.05) is 7.05 Å². The van der Waals surface area contributed by atoms with E-state index in [9.17, 15) is 13.6 Å². The van der Waals surface area contributed by atoms with Gasteiger partial charge in [-0.1, -0.05) is 0 Å². The van der Waals surface area contributed by atoms with Gasteiger partial charge in [-0.15, -0.1) is 0 Å². The van der Waals surface area contributed by atoms with Gasteiger partial charge in [-0.05, 0) is 44.9 Å². The van der Waals surface area contributed by atoms with Crippen molar-refractivity contribution < 1.29 is 27.8 Å². The van der Waals surface area contributed by atoms with Crippen molar-refractivity contribution in [1.82, 2.24) is 29.5 Å². The van der Waals surface area contributed by atoms with E-state index in [2.05, 4.69) is 25.3 Å². The van der Waals surface area contributed by atoms with Crippen molar-refractivity contribution in [2.24, 2.45) is 0 Å². The third-order valence-corrected chi connectivity index (χ3v) is 7.08. The molecule has 1 N–H and O–H groups in total. The monoisotopic (exact) mass is 557 g/mol. The molecule has 0 saturated carbocycles. The quantitative estimate of drug-likeness (QED) is 0.444. The molecule has 1 aromatic carbocycles. The van der Waals surface area contributed by atoms with Crippen LogP contribution in [0.25, 0.3) is 0 Å². The number of carbonyl (C=O) groups excluding carboxylic acids is 1. The number of rotatable bonds is 8. The van der Waals surface area contributed by atoms with Crippen LogP contribution in [0.2, 0.25) is 0 Å². The first-order valence-corrected chi connectivity index (χ1v) is 13.3. The zero-order valence-corrected chi connectivity index (χ0v) is 22.8. The lowest BCUT2D eigenvalue weighted by atomic mass is 10.1. The normalized spacial score (nSPS) is 18.0. The molecule has 5 rings (SSSR count). The molecule has 0 bridgehead atoms. The number of carbonyl (C=O) groups is 1. The molecule has 11 nitrogen and oxygen atoms in total. The highest BCUT2D eigenvalue weighted by molar-refractivity contribution is 5.93. The minimum Gasteiger partial charge on any atom is -0.494 e. The fraction of sp³-hybridized carbons (Fsp3) is 0.481. The zero-order chi connectivity index (χ0) is 28.2. The Morgan fingerprint density at radius 3 is 2.55 bits per heavy atom. The van der Waals surface area contributed by atoms with Crippen LogP contribution in [0.5, 0.6) is 11.5 Å². The van der Waals surface area contributed by atoms with E-state index < -0.39 is 11.6 Å². The number of methoxy groups -OCH3 is 1. The zero-order valence-electron chi connectivity index (χ0n) is 22.8. The summed E-state index contributed by atoms with van der Waals surface area (Å²) in [5.74, 6) is -0.728. The molecule has 214 valence electrons. The van der Waals surface area contributed by atoms with E-state index in [4.69, 9.17) is 14.2 Å². The molecule has 2 saturated heterocycles. The highest BCUT2D eigenvalue weighted by Crippen LogP contribution is 2.29. The Balaban J connectivity index is 1.31. The van der Waals surface area contributed by atoms with Gasteiger partial charge in [0.05, 0.1) is 25.1 Å². The number of anilines is 2. The van der Waals surface area contributed by atoms with Gasteiger partial charge in [0.2, 0.25) is 5.95 Å². The van der Waals surface area contributed by atoms with Crippen molar-refractivity contribution >= 4 is 17.7 Å². The molecule has 2 fully saturated rings. The van der Waals surface area contributed by atoms with E-state index >= 15 is 0 Å². The maximum atomic E-state index is 14.6. The Hall–Kier alpha value is -3.84. The summed E-state index contributed by atoms with van der Waals surface area (Å²) in [5.41, 5.74) is 0.323. The van der Waals surface area contributed by atoms with Crippen LogP contribution >= 0.6 is 0 Å². The summed E-state index contributed by atoms with van der Waals surface area (Å²) in [5, 5.41) is 7.73. The molecule has 0 aliphatic carbocycles. The Kier molecular flexibility index (Phi) is 8.40. The van der Waals surface area contributed by atoms with Crippen molar-refractivity contribution in [2.75, 3.05) is 52.3 Å². The molecule has 40 heavy (non-hydrogen) atoms. The SMILES string of the molecule is COc1cc(C)c(F)c(COc2cnc(Nc3cc(C(=O)N4CCN(C)CC4)nn3C3CCCCO3)nc2)c1F. The first kappa shape index (κ1) is 27.7. The summed E-state index contributed by atoms with van der Waals surface area (Å²) in [4.78, 5) is 25.7. The molecule has 13 heteroatoms. The maximum Gasteiger partial charge on any atom is 0.274 e. The lowest BCUT2D eigenvalue weighted by Gasteiger charge is -2.31. The average Bonchev–Trinajstić information content (AvgIpc) is 3.40. The molecule has 3 aromatic rings. The van der Waals surface area contributed by atoms with E-state index in [0.29, 0.717) is 31.2 Å². The van der Waals surface area contributed by atoms with Crippen molar-refractivity contribution in [3.63, 3.8) is 0 Å². The van der Waals surface area contributed by atoms with E-state index in [0.717, 1.165) is 32.4 Å². The smallest absolute Gasteiger partial charge is 0.274 e. The lowest BCUT2D eigenvalue weighted by molar-refractivity contribution is -0.0382. The number of likely N-dealkylation sites (N-methyl/N-ethyl adjacent to an activating group) is 1. The van der Waals surface area contributed by atoms with E-state index in [1.165, 1.54) is 32.5 Å². The largest absolute Gasteiger partial charge is 0.494 e. The number of aryl methyl sites for hydroxylation is 1. The minimum atomic E-state index is -0.815. The third kappa shape index (κ3) is 5.99. The number of amides is 1.